The fraction of sp³-hybridized carbons (Fsp3) is 0.286. The van der Waals surface area contributed by atoms with E-state index in [1.807, 2.05) is 23.9 Å². The van der Waals surface area contributed by atoms with Crippen molar-refractivity contribution in [2.75, 3.05) is 0 Å². The van der Waals surface area contributed by atoms with Gasteiger partial charge in [-0.15, -0.1) is 0 Å². The molecule has 6 heteroatoms. The summed E-state index contributed by atoms with van der Waals surface area (Å²) in [6.07, 6.45) is 1.95. The van der Waals surface area contributed by atoms with Crippen molar-refractivity contribution in [1.82, 2.24) is 15.1 Å². The second kappa shape index (κ2) is 6.67. The van der Waals surface area contributed by atoms with Crippen LogP contribution in [0.2, 0.25) is 0 Å². The number of aromatic nitrogens is 2. The summed E-state index contributed by atoms with van der Waals surface area (Å²) in [5.74, 6) is -0.906. The highest BCUT2D eigenvalue weighted by atomic mass is 79.9. The molecule has 0 aliphatic carbocycles. The van der Waals surface area contributed by atoms with Crippen molar-refractivity contribution < 1.29 is 9.90 Å². The average Bonchev–Trinajstić information content (AvgIpc) is 2.80. The normalized spacial score (nSPS) is 10.7. The molecular formula is C14H16BrN3O2. The van der Waals surface area contributed by atoms with Crippen molar-refractivity contribution in [1.29, 1.82) is 0 Å². The van der Waals surface area contributed by atoms with E-state index in [1.54, 1.807) is 18.2 Å². The third-order valence-corrected chi connectivity index (χ3v) is 3.57. The van der Waals surface area contributed by atoms with Gasteiger partial charge >= 0.3 is 5.97 Å². The third-order valence-electron chi connectivity index (χ3n) is 2.91. The highest BCUT2D eigenvalue weighted by Gasteiger charge is 2.06. The zero-order valence-corrected chi connectivity index (χ0v) is 12.7. The van der Waals surface area contributed by atoms with Gasteiger partial charge in [-0.3, -0.25) is 4.68 Å². The first kappa shape index (κ1) is 14.7. The lowest BCUT2D eigenvalue weighted by Crippen LogP contribution is -2.14. The molecule has 0 aliphatic rings. The van der Waals surface area contributed by atoms with Gasteiger partial charge in [-0.25, -0.2) is 4.79 Å². The van der Waals surface area contributed by atoms with Gasteiger partial charge in [0, 0.05) is 25.8 Å². The van der Waals surface area contributed by atoms with E-state index in [4.69, 9.17) is 5.11 Å². The van der Waals surface area contributed by atoms with E-state index in [1.165, 1.54) is 0 Å². The lowest BCUT2D eigenvalue weighted by molar-refractivity contribution is 0.0696. The Balaban J connectivity index is 1.94. The van der Waals surface area contributed by atoms with Gasteiger partial charge in [0.2, 0.25) is 0 Å². The highest BCUT2D eigenvalue weighted by Crippen LogP contribution is 2.14. The van der Waals surface area contributed by atoms with Gasteiger partial charge in [0.15, 0.2) is 0 Å². The summed E-state index contributed by atoms with van der Waals surface area (Å²) >= 11 is 3.47. The van der Waals surface area contributed by atoms with Gasteiger partial charge < -0.3 is 10.4 Å². The van der Waals surface area contributed by atoms with Crippen LogP contribution in [-0.4, -0.2) is 20.9 Å². The molecular weight excluding hydrogens is 322 g/mol. The Bertz CT molecular complexity index is 610. The second-order valence-corrected chi connectivity index (χ2v) is 5.24. The molecule has 1 aromatic heterocycles. The molecule has 0 atom stereocenters. The first-order valence-corrected chi connectivity index (χ1v) is 7.14. The minimum atomic E-state index is -0.906. The molecule has 0 radical (unpaired) electrons. The number of hydrogen-bond donors (Lipinski definition) is 2. The summed E-state index contributed by atoms with van der Waals surface area (Å²) in [4.78, 5) is 10.9. The quantitative estimate of drug-likeness (QED) is 0.850. The van der Waals surface area contributed by atoms with Crippen LogP contribution in [0.1, 0.15) is 28.5 Å². The second-order valence-electron chi connectivity index (χ2n) is 4.39. The summed E-state index contributed by atoms with van der Waals surface area (Å²) in [6.45, 7) is 4.10. The van der Waals surface area contributed by atoms with Crippen molar-refractivity contribution in [3.8, 4) is 0 Å². The highest BCUT2D eigenvalue weighted by molar-refractivity contribution is 9.10. The van der Waals surface area contributed by atoms with Gasteiger partial charge in [-0.1, -0.05) is 12.1 Å². The molecule has 2 rings (SSSR count). The van der Waals surface area contributed by atoms with Crippen LogP contribution in [0, 0.1) is 0 Å². The lowest BCUT2D eigenvalue weighted by Gasteiger charge is -2.04. The monoisotopic (exact) mass is 337 g/mol. The summed E-state index contributed by atoms with van der Waals surface area (Å²) in [5.41, 5.74) is 2.19. The maximum Gasteiger partial charge on any atom is 0.335 e. The summed E-state index contributed by atoms with van der Waals surface area (Å²) in [6, 6.07) is 6.92. The maximum absolute atomic E-state index is 10.9. The summed E-state index contributed by atoms with van der Waals surface area (Å²) in [7, 11) is 0. The maximum atomic E-state index is 10.9. The van der Waals surface area contributed by atoms with Crippen LogP contribution in [0.25, 0.3) is 0 Å². The molecule has 106 valence electrons. The van der Waals surface area contributed by atoms with Gasteiger partial charge in [0.1, 0.15) is 0 Å². The number of aryl methyl sites for hydroxylation is 1. The number of carboxylic acid groups (broad SMARTS) is 1. The van der Waals surface area contributed by atoms with Crippen molar-refractivity contribution in [2.45, 2.75) is 26.6 Å². The van der Waals surface area contributed by atoms with Crippen LogP contribution in [-0.2, 0) is 19.6 Å². The topological polar surface area (TPSA) is 67.2 Å². The van der Waals surface area contributed by atoms with Gasteiger partial charge in [0.05, 0.1) is 15.7 Å². The van der Waals surface area contributed by atoms with Crippen molar-refractivity contribution in [3.63, 3.8) is 0 Å². The first-order chi connectivity index (χ1) is 9.60. The molecule has 0 amide bonds. The molecule has 5 nitrogen and oxygen atoms in total. The minimum absolute atomic E-state index is 0.306. The molecule has 0 aliphatic heterocycles. The van der Waals surface area contributed by atoms with E-state index in [0.717, 1.165) is 22.3 Å². The van der Waals surface area contributed by atoms with Gasteiger partial charge in [-0.2, -0.15) is 5.10 Å². The zero-order valence-electron chi connectivity index (χ0n) is 11.1. The SMILES string of the molecule is CCn1cc(Br)c(CNCc2cccc(C(=O)O)c2)n1. The summed E-state index contributed by atoms with van der Waals surface area (Å²) < 4.78 is 2.85. The fourth-order valence-electron chi connectivity index (χ4n) is 1.86. The molecule has 2 aromatic rings. The molecule has 0 saturated heterocycles. The van der Waals surface area contributed by atoms with Gasteiger partial charge in [0.25, 0.3) is 0 Å². The molecule has 0 bridgehead atoms. The zero-order chi connectivity index (χ0) is 14.5. The Hall–Kier alpha value is -1.66. The third kappa shape index (κ3) is 3.68. The molecule has 2 N–H and O–H groups in total. The van der Waals surface area contributed by atoms with Crippen LogP contribution in [0.3, 0.4) is 0 Å². The first-order valence-electron chi connectivity index (χ1n) is 6.35. The number of rotatable bonds is 6. The van der Waals surface area contributed by atoms with Crippen LogP contribution in [0.15, 0.2) is 34.9 Å². The van der Waals surface area contributed by atoms with Crippen molar-refractivity contribution in [2.24, 2.45) is 0 Å². The Morgan fingerprint density at radius 2 is 2.25 bits per heavy atom. The van der Waals surface area contributed by atoms with Crippen molar-refractivity contribution >= 4 is 21.9 Å². The molecule has 1 heterocycles. The van der Waals surface area contributed by atoms with E-state index in [2.05, 4.69) is 26.3 Å². The predicted octanol–water partition coefficient (Wildman–Crippen LogP) is 2.65. The number of halogens is 1. The van der Waals surface area contributed by atoms with Crippen LogP contribution >= 0.6 is 15.9 Å². The van der Waals surface area contributed by atoms with Crippen LogP contribution in [0.5, 0.6) is 0 Å². The van der Waals surface area contributed by atoms with Crippen LogP contribution < -0.4 is 5.32 Å². The number of carboxylic acids is 1. The Morgan fingerprint density at radius 3 is 2.90 bits per heavy atom. The Morgan fingerprint density at radius 1 is 1.45 bits per heavy atom. The van der Waals surface area contributed by atoms with E-state index < -0.39 is 5.97 Å². The number of hydrogen-bond acceptors (Lipinski definition) is 3. The summed E-state index contributed by atoms with van der Waals surface area (Å²) in [5, 5.41) is 16.6. The number of nitrogens with one attached hydrogen (secondary N) is 1. The Labute approximate surface area is 125 Å². The fourth-order valence-corrected chi connectivity index (χ4v) is 2.31. The number of carbonyl (C=O) groups is 1. The molecule has 0 saturated carbocycles. The van der Waals surface area contributed by atoms with E-state index >= 15 is 0 Å². The number of aromatic carboxylic acids is 1. The molecule has 0 fully saturated rings. The minimum Gasteiger partial charge on any atom is -0.478 e. The Kier molecular flexibility index (Phi) is 4.92. The standard InChI is InChI=1S/C14H16BrN3O2/c1-2-18-9-12(15)13(17-18)8-16-7-10-4-3-5-11(6-10)14(19)20/h3-6,9,16H,2,7-8H2,1H3,(H,19,20). The molecule has 0 unspecified atom stereocenters. The molecule has 1 aromatic carbocycles. The smallest absolute Gasteiger partial charge is 0.335 e. The molecule has 0 spiro atoms. The number of benzene rings is 1. The van der Waals surface area contributed by atoms with E-state index in [9.17, 15) is 4.79 Å². The van der Waals surface area contributed by atoms with Crippen LogP contribution in [0.4, 0.5) is 0 Å². The van der Waals surface area contributed by atoms with Gasteiger partial charge in [-0.05, 0) is 40.5 Å². The largest absolute Gasteiger partial charge is 0.478 e. The lowest BCUT2D eigenvalue weighted by atomic mass is 10.1. The predicted molar refractivity (Wildman–Crippen MR) is 79.5 cm³/mol. The van der Waals surface area contributed by atoms with Crippen molar-refractivity contribution in [3.05, 3.63) is 51.8 Å². The number of nitrogens with zero attached hydrogens (tertiary/aromatic N) is 2. The van der Waals surface area contributed by atoms with E-state index in [-0.39, 0.29) is 0 Å². The van der Waals surface area contributed by atoms with E-state index in [0.29, 0.717) is 18.7 Å². The molecule has 20 heavy (non-hydrogen) atoms. The average molecular weight is 338 g/mol.